The van der Waals surface area contributed by atoms with Gasteiger partial charge in [-0.3, -0.25) is 4.98 Å². The lowest BCUT2D eigenvalue weighted by Gasteiger charge is -2.32. The average Bonchev–Trinajstić information content (AvgIpc) is 3.06. The second kappa shape index (κ2) is 8.29. The molecule has 0 N–H and O–H groups in total. The van der Waals surface area contributed by atoms with Crippen LogP contribution in [0.4, 0.5) is 0 Å². The topological polar surface area (TPSA) is 31.4 Å². The summed E-state index contributed by atoms with van der Waals surface area (Å²) in [6.45, 7) is 8.35. The molecule has 0 unspecified atom stereocenters. The van der Waals surface area contributed by atoms with Gasteiger partial charge in [0.1, 0.15) is 0 Å². The molecule has 0 saturated carbocycles. The van der Waals surface area contributed by atoms with Crippen molar-refractivity contribution < 1.29 is 9.31 Å². The Balaban J connectivity index is 1.68. The van der Waals surface area contributed by atoms with Crippen LogP contribution in [0.5, 0.6) is 0 Å². The van der Waals surface area contributed by atoms with E-state index in [-0.39, 0.29) is 0 Å². The molecule has 5 rings (SSSR count). The van der Waals surface area contributed by atoms with Crippen molar-refractivity contribution in [1.29, 1.82) is 0 Å². The summed E-state index contributed by atoms with van der Waals surface area (Å²) in [5.74, 6) is 0. The number of pyridine rings is 1. The normalized spacial score (nSPS) is 16.7. The van der Waals surface area contributed by atoms with Gasteiger partial charge in [0.05, 0.1) is 16.9 Å². The summed E-state index contributed by atoms with van der Waals surface area (Å²) in [7, 11) is -0.436. The van der Waals surface area contributed by atoms with Crippen LogP contribution < -0.4 is 5.46 Å². The van der Waals surface area contributed by atoms with Crippen LogP contribution in [-0.2, 0) is 9.31 Å². The molecule has 1 aliphatic rings. The average molecular weight is 433 g/mol. The van der Waals surface area contributed by atoms with Gasteiger partial charge in [0.2, 0.25) is 0 Å². The van der Waals surface area contributed by atoms with Crippen molar-refractivity contribution in [2.45, 2.75) is 38.9 Å². The van der Waals surface area contributed by atoms with Crippen molar-refractivity contribution in [2.75, 3.05) is 0 Å². The molecule has 0 radical (unpaired) electrons. The van der Waals surface area contributed by atoms with Crippen molar-refractivity contribution in [2.24, 2.45) is 0 Å². The van der Waals surface area contributed by atoms with Gasteiger partial charge in [-0.2, -0.15) is 0 Å². The lowest BCUT2D eigenvalue weighted by atomic mass is 9.76. The molecule has 1 fully saturated rings. The molecule has 3 nitrogen and oxygen atoms in total. The summed E-state index contributed by atoms with van der Waals surface area (Å²) in [6.07, 6.45) is 1.85. The Morgan fingerprint density at radius 2 is 1.18 bits per heavy atom. The standard InChI is InChI=1S/C29H28BNO2/c1-28(2)29(3,4)33-30(32-28)25-19-23(21-12-7-5-8-13-21)18-24(20-25)26-16-11-17-31-27(26)22-14-9-6-10-15-22/h5-20H,1-4H3. The Labute approximate surface area is 196 Å². The van der Waals surface area contributed by atoms with E-state index in [0.717, 1.165) is 39.0 Å². The molecule has 1 aliphatic heterocycles. The molecule has 1 aromatic heterocycles. The van der Waals surface area contributed by atoms with E-state index < -0.39 is 18.3 Å². The Morgan fingerprint density at radius 1 is 0.606 bits per heavy atom. The third-order valence-corrected chi connectivity index (χ3v) is 6.75. The maximum atomic E-state index is 6.41. The number of hydrogen-bond acceptors (Lipinski definition) is 3. The highest BCUT2D eigenvalue weighted by molar-refractivity contribution is 6.62. The van der Waals surface area contributed by atoms with Crippen molar-refractivity contribution in [3.63, 3.8) is 0 Å². The third kappa shape index (κ3) is 4.12. The zero-order valence-corrected chi connectivity index (χ0v) is 19.6. The molecule has 3 aromatic carbocycles. The fourth-order valence-corrected chi connectivity index (χ4v) is 4.18. The van der Waals surface area contributed by atoms with E-state index in [1.807, 2.05) is 36.5 Å². The van der Waals surface area contributed by atoms with Crippen LogP contribution in [0, 0.1) is 0 Å². The van der Waals surface area contributed by atoms with E-state index in [1.54, 1.807) is 0 Å². The Morgan fingerprint density at radius 3 is 1.82 bits per heavy atom. The van der Waals surface area contributed by atoms with Gasteiger partial charge in [-0.25, -0.2) is 0 Å². The minimum Gasteiger partial charge on any atom is -0.399 e. The predicted molar refractivity (Wildman–Crippen MR) is 136 cm³/mol. The van der Waals surface area contributed by atoms with Crippen LogP contribution in [-0.4, -0.2) is 23.3 Å². The van der Waals surface area contributed by atoms with Crippen LogP contribution in [0.3, 0.4) is 0 Å². The quantitative estimate of drug-likeness (QED) is 0.350. The Hall–Kier alpha value is -3.21. The van der Waals surface area contributed by atoms with Crippen LogP contribution in [0.15, 0.2) is 97.2 Å². The molecule has 0 amide bonds. The van der Waals surface area contributed by atoms with Crippen molar-refractivity contribution in [1.82, 2.24) is 4.98 Å². The minimum atomic E-state index is -0.436. The number of hydrogen-bond donors (Lipinski definition) is 0. The number of rotatable bonds is 4. The molecule has 4 heteroatoms. The highest BCUT2D eigenvalue weighted by Crippen LogP contribution is 2.38. The zero-order chi connectivity index (χ0) is 23.1. The first-order valence-corrected chi connectivity index (χ1v) is 11.4. The van der Waals surface area contributed by atoms with E-state index in [4.69, 9.17) is 14.3 Å². The fourth-order valence-electron chi connectivity index (χ4n) is 4.18. The smallest absolute Gasteiger partial charge is 0.399 e. The van der Waals surface area contributed by atoms with E-state index in [0.29, 0.717) is 0 Å². The number of nitrogens with zero attached hydrogens (tertiary/aromatic N) is 1. The molecule has 0 bridgehead atoms. The molecule has 1 saturated heterocycles. The van der Waals surface area contributed by atoms with Gasteiger partial charge in [0.25, 0.3) is 0 Å². The third-order valence-electron chi connectivity index (χ3n) is 6.75. The summed E-state index contributed by atoms with van der Waals surface area (Å²) in [4.78, 5) is 4.74. The number of benzene rings is 3. The second-order valence-electron chi connectivity index (χ2n) is 9.56. The molecule has 0 spiro atoms. The first-order chi connectivity index (χ1) is 15.8. The summed E-state index contributed by atoms with van der Waals surface area (Å²) in [5, 5.41) is 0. The summed E-state index contributed by atoms with van der Waals surface area (Å²) in [6, 6.07) is 31.5. The summed E-state index contributed by atoms with van der Waals surface area (Å²) in [5.41, 5.74) is 6.72. The number of aromatic nitrogens is 1. The van der Waals surface area contributed by atoms with Crippen molar-refractivity contribution in [3.05, 3.63) is 97.2 Å². The van der Waals surface area contributed by atoms with Crippen LogP contribution in [0.25, 0.3) is 33.5 Å². The molecular formula is C29H28BNO2. The van der Waals surface area contributed by atoms with Crippen molar-refractivity contribution in [3.8, 4) is 33.5 Å². The molecular weight excluding hydrogens is 405 g/mol. The largest absolute Gasteiger partial charge is 0.494 e. The molecule has 0 atom stereocenters. The van der Waals surface area contributed by atoms with Gasteiger partial charge in [-0.1, -0.05) is 78.9 Å². The monoisotopic (exact) mass is 433 g/mol. The fraction of sp³-hybridized carbons (Fsp3) is 0.207. The SMILES string of the molecule is CC1(C)OB(c2cc(-c3ccccc3)cc(-c3cccnc3-c3ccccc3)c2)OC1(C)C. The molecule has 33 heavy (non-hydrogen) atoms. The minimum absolute atomic E-state index is 0.399. The molecule has 164 valence electrons. The van der Waals surface area contributed by atoms with E-state index in [9.17, 15) is 0 Å². The highest BCUT2D eigenvalue weighted by atomic mass is 16.7. The molecule has 2 heterocycles. The molecule has 0 aliphatic carbocycles. The lowest BCUT2D eigenvalue weighted by Crippen LogP contribution is -2.41. The Bertz CT molecular complexity index is 1250. The predicted octanol–water partition coefficient (Wildman–Crippen LogP) is 6.38. The van der Waals surface area contributed by atoms with Gasteiger partial charge in [-0.05, 0) is 62.0 Å². The van der Waals surface area contributed by atoms with E-state index in [1.165, 1.54) is 0 Å². The van der Waals surface area contributed by atoms with Crippen LogP contribution in [0.2, 0.25) is 0 Å². The maximum Gasteiger partial charge on any atom is 0.494 e. The van der Waals surface area contributed by atoms with Gasteiger partial charge in [0, 0.05) is 17.3 Å². The van der Waals surface area contributed by atoms with Crippen LogP contribution >= 0.6 is 0 Å². The second-order valence-corrected chi connectivity index (χ2v) is 9.56. The summed E-state index contributed by atoms with van der Waals surface area (Å²) >= 11 is 0. The lowest BCUT2D eigenvalue weighted by molar-refractivity contribution is 0.00578. The maximum absolute atomic E-state index is 6.41. The van der Waals surface area contributed by atoms with Gasteiger partial charge < -0.3 is 9.31 Å². The Kier molecular flexibility index (Phi) is 5.44. The zero-order valence-electron chi connectivity index (χ0n) is 19.6. The first kappa shape index (κ1) is 21.6. The van der Waals surface area contributed by atoms with E-state index in [2.05, 4.69) is 88.4 Å². The highest BCUT2D eigenvalue weighted by Gasteiger charge is 2.51. The van der Waals surface area contributed by atoms with Gasteiger partial charge in [0.15, 0.2) is 0 Å². The van der Waals surface area contributed by atoms with Gasteiger partial charge in [-0.15, -0.1) is 0 Å². The van der Waals surface area contributed by atoms with Crippen LogP contribution in [0.1, 0.15) is 27.7 Å². The summed E-state index contributed by atoms with van der Waals surface area (Å²) < 4.78 is 12.8. The van der Waals surface area contributed by atoms with Crippen molar-refractivity contribution >= 4 is 12.6 Å². The van der Waals surface area contributed by atoms with Gasteiger partial charge >= 0.3 is 7.12 Å². The van der Waals surface area contributed by atoms with E-state index >= 15 is 0 Å². The first-order valence-electron chi connectivity index (χ1n) is 11.4. The molecule has 4 aromatic rings.